The number of piperidine rings is 1. The maximum Gasteiger partial charge on any atom is 0.407 e. The number of hydrogen-bond acceptors (Lipinski definition) is 4. The summed E-state index contributed by atoms with van der Waals surface area (Å²) in [6, 6.07) is 1.09. The number of rotatable bonds is 6. The van der Waals surface area contributed by atoms with Crippen molar-refractivity contribution in [1.29, 1.82) is 0 Å². The number of aliphatic hydroxyl groups is 1. The van der Waals surface area contributed by atoms with Crippen LogP contribution in [0.5, 0.6) is 0 Å². The molecule has 0 atom stereocenters. The standard InChI is InChI=1S/C15H27N3O4Si/c1-23(2,3)11-10-22-12-18-9-6-16-13(18)15(21)4-7-17(8-5-15)14(19)20/h6,9,21H,4-5,7-8,10-12H2,1-3H3,(H,19,20). The lowest BCUT2D eigenvalue weighted by Crippen LogP contribution is -2.45. The molecule has 0 saturated carbocycles. The number of likely N-dealkylation sites (tertiary alicyclic amines) is 1. The molecule has 1 aliphatic heterocycles. The molecule has 0 bridgehead atoms. The minimum atomic E-state index is -1.12. The number of carbonyl (C=O) groups is 1. The van der Waals surface area contributed by atoms with Crippen molar-refractivity contribution in [2.75, 3.05) is 19.7 Å². The van der Waals surface area contributed by atoms with E-state index in [0.29, 0.717) is 45.1 Å². The Balaban J connectivity index is 1.94. The van der Waals surface area contributed by atoms with Gasteiger partial charge in [-0.3, -0.25) is 0 Å². The first kappa shape index (κ1) is 18.0. The Kier molecular flexibility index (Phi) is 5.48. The second-order valence-electron chi connectivity index (χ2n) is 7.37. The first-order chi connectivity index (χ1) is 10.7. The second-order valence-corrected chi connectivity index (χ2v) is 13.0. The van der Waals surface area contributed by atoms with Gasteiger partial charge in [-0.15, -0.1) is 0 Å². The Morgan fingerprint density at radius 2 is 2.04 bits per heavy atom. The normalized spacial score (nSPS) is 18.2. The average Bonchev–Trinajstić information content (AvgIpc) is 2.92. The van der Waals surface area contributed by atoms with Crippen molar-refractivity contribution >= 4 is 14.2 Å². The van der Waals surface area contributed by atoms with Gasteiger partial charge in [0.15, 0.2) is 0 Å². The lowest BCUT2D eigenvalue weighted by molar-refractivity contribution is -0.0364. The Bertz CT molecular complexity index is 533. The topological polar surface area (TPSA) is 87.8 Å². The van der Waals surface area contributed by atoms with E-state index in [1.165, 1.54) is 4.90 Å². The summed E-state index contributed by atoms with van der Waals surface area (Å²) in [5, 5.41) is 19.9. The highest BCUT2D eigenvalue weighted by molar-refractivity contribution is 6.76. The maximum atomic E-state index is 11.0. The fourth-order valence-corrected chi connectivity index (χ4v) is 3.41. The van der Waals surface area contributed by atoms with Crippen molar-refractivity contribution < 1.29 is 19.7 Å². The van der Waals surface area contributed by atoms with Crippen LogP contribution in [0.1, 0.15) is 18.7 Å². The van der Waals surface area contributed by atoms with Crippen LogP contribution in [-0.4, -0.2) is 58.5 Å². The summed E-state index contributed by atoms with van der Waals surface area (Å²) < 4.78 is 7.55. The van der Waals surface area contributed by atoms with E-state index in [1.807, 2.05) is 4.57 Å². The van der Waals surface area contributed by atoms with Gasteiger partial charge in [0.05, 0.1) is 0 Å². The van der Waals surface area contributed by atoms with Crippen LogP contribution in [0.15, 0.2) is 12.4 Å². The van der Waals surface area contributed by atoms with Gasteiger partial charge in [-0.2, -0.15) is 0 Å². The van der Waals surface area contributed by atoms with E-state index >= 15 is 0 Å². The highest BCUT2D eigenvalue weighted by atomic mass is 28.3. The van der Waals surface area contributed by atoms with Crippen LogP contribution in [0.2, 0.25) is 25.7 Å². The summed E-state index contributed by atoms with van der Waals surface area (Å²) in [4.78, 5) is 16.6. The number of imidazole rings is 1. The molecule has 8 heteroatoms. The first-order valence-electron chi connectivity index (χ1n) is 8.01. The van der Waals surface area contributed by atoms with E-state index in [4.69, 9.17) is 9.84 Å². The van der Waals surface area contributed by atoms with E-state index in [9.17, 15) is 9.90 Å². The van der Waals surface area contributed by atoms with Crippen LogP contribution in [0.25, 0.3) is 0 Å². The number of amides is 1. The van der Waals surface area contributed by atoms with Crippen LogP contribution in [0.3, 0.4) is 0 Å². The molecule has 2 rings (SSSR count). The van der Waals surface area contributed by atoms with Crippen LogP contribution in [0, 0.1) is 0 Å². The molecule has 23 heavy (non-hydrogen) atoms. The number of nitrogens with zero attached hydrogens (tertiary/aromatic N) is 3. The van der Waals surface area contributed by atoms with Crippen molar-refractivity contribution in [2.45, 2.75) is 50.9 Å². The predicted octanol–water partition coefficient (Wildman–Crippen LogP) is 2.16. The lowest BCUT2D eigenvalue weighted by Gasteiger charge is -2.36. The van der Waals surface area contributed by atoms with Gasteiger partial charge in [0, 0.05) is 53.0 Å². The Morgan fingerprint density at radius 3 is 2.61 bits per heavy atom. The van der Waals surface area contributed by atoms with Crippen LogP contribution < -0.4 is 0 Å². The lowest BCUT2D eigenvalue weighted by atomic mass is 9.90. The molecule has 1 aromatic rings. The molecule has 0 spiro atoms. The van der Waals surface area contributed by atoms with Crippen LogP contribution in [0.4, 0.5) is 4.79 Å². The quantitative estimate of drug-likeness (QED) is 0.611. The molecule has 0 aromatic carbocycles. The predicted molar refractivity (Wildman–Crippen MR) is 89.1 cm³/mol. The third-order valence-corrected chi connectivity index (χ3v) is 5.92. The summed E-state index contributed by atoms with van der Waals surface area (Å²) in [5.41, 5.74) is -1.09. The van der Waals surface area contributed by atoms with Gasteiger partial charge >= 0.3 is 6.09 Å². The molecule has 0 aliphatic carbocycles. The summed E-state index contributed by atoms with van der Waals surface area (Å²) in [5.74, 6) is 0.565. The number of ether oxygens (including phenoxy) is 1. The monoisotopic (exact) mass is 341 g/mol. The van der Waals surface area contributed by atoms with E-state index in [0.717, 1.165) is 6.04 Å². The number of carboxylic acid groups (broad SMARTS) is 1. The van der Waals surface area contributed by atoms with Crippen molar-refractivity contribution in [3.05, 3.63) is 18.2 Å². The van der Waals surface area contributed by atoms with E-state index in [1.54, 1.807) is 12.4 Å². The van der Waals surface area contributed by atoms with Gasteiger partial charge in [0.25, 0.3) is 0 Å². The SMILES string of the molecule is C[Si](C)(C)CCOCn1ccnc1C1(O)CCN(C(=O)O)CC1. The molecule has 1 saturated heterocycles. The Hall–Kier alpha value is -1.38. The zero-order valence-corrected chi connectivity index (χ0v) is 15.2. The van der Waals surface area contributed by atoms with Crippen molar-refractivity contribution in [1.82, 2.24) is 14.5 Å². The Morgan fingerprint density at radius 1 is 1.39 bits per heavy atom. The molecule has 1 fully saturated rings. The largest absolute Gasteiger partial charge is 0.465 e. The summed E-state index contributed by atoms with van der Waals surface area (Å²) in [6.07, 6.45) is 3.21. The van der Waals surface area contributed by atoms with Gasteiger partial charge in [-0.05, 0) is 6.04 Å². The van der Waals surface area contributed by atoms with Crippen LogP contribution >= 0.6 is 0 Å². The second kappa shape index (κ2) is 7.02. The third kappa shape index (κ3) is 4.79. The molecule has 2 N–H and O–H groups in total. The number of aromatic nitrogens is 2. The molecular weight excluding hydrogens is 314 g/mol. The minimum absolute atomic E-state index is 0.315. The van der Waals surface area contributed by atoms with Gasteiger partial charge in [0.2, 0.25) is 0 Å². The Labute approximate surface area is 137 Å². The summed E-state index contributed by atoms with van der Waals surface area (Å²) >= 11 is 0. The highest BCUT2D eigenvalue weighted by Crippen LogP contribution is 2.31. The van der Waals surface area contributed by atoms with E-state index in [2.05, 4.69) is 24.6 Å². The number of hydrogen-bond donors (Lipinski definition) is 2. The molecule has 0 unspecified atom stereocenters. The molecule has 1 aromatic heterocycles. The maximum absolute atomic E-state index is 11.0. The average molecular weight is 341 g/mol. The zero-order chi connectivity index (χ0) is 17.1. The van der Waals surface area contributed by atoms with Crippen molar-refractivity contribution in [2.24, 2.45) is 0 Å². The smallest absolute Gasteiger partial charge is 0.407 e. The van der Waals surface area contributed by atoms with Crippen LogP contribution in [-0.2, 0) is 17.1 Å². The van der Waals surface area contributed by atoms with Gasteiger partial charge in [-0.1, -0.05) is 19.6 Å². The van der Waals surface area contributed by atoms with E-state index < -0.39 is 19.8 Å². The minimum Gasteiger partial charge on any atom is -0.465 e. The molecule has 2 heterocycles. The fraction of sp³-hybridized carbons (Fsp3) is 0.733. The first-order valence-corrected chi connectivity index (χ1v) is 11.7. The fourth-order valence-electron chi connectivity index (χ4n) is 2.65. The molecule has 1 amide bonds. The van der Waals surface area contributed by atoms with Gasteiger partial charge < -0.3 is 24.4 Å². The summed E-state index contributed by atoms with van der Waals surface area (Å²) in [7, 11) is -1.12. The highest BCUT2D eigenvalue weighted by Gasteiger charge is 2.38. The summed E-state index contributed by atoms with van der Waals surface area (Å²) in [6.45, 7) is 8.61. The molecule has 1 aliphatic rings. The third-order valence-electron chi connectivity index (χ3n) is 4.22. The molecule has 130 valence electrons. The van der Waals surface area contributed by atoms with Gasteiger partial charge in [-0.25, -0.2) is 9.78 Å². The zero-order valence-electron chi connectivity index (χ0n) is 14.2. The molecular formula is C15H27N3O4Si. The van der Waals surface area contributed by atoms with Crippen molar-refractivity contribution in [3.8, 4) is 0 Å². The van der Waals surface area contributed by atoms with E-state index in [-0.39, 0.29) is 0 Å². The van der Waals surface area contributed by atoms with Gasteiger partial charge in [0.1, 0.15) is 18.2 Å². The van der Waals surface area contributed by atoms with Crippen molar-refractivity contribution in [3.63, 3.8) is 0 Å². The molecule has 0 radical (unpaired) electrons. The molecule has 7 nitrogen and oxygen atoms in total.